The Bertz CT molecular complexity index is 762. The van der Waals surface area contributed by atoms with Crippen molar-refractivity contribution < 1.29 is 4.79 Å². The largest absolute Gasteiger partial charge is 0.292 e. The zero-order valence-corrected chi connectivity index (χ0v) is 15.3. The minimum Gasteiger partial charge on any atom is -0.292 e. The number of H-pyrrole nitrogens is 1. The topological polar surface area (TPSA) is 113 Å². The Morgan fingerprint density at radius 2 is 2.12 bits per heavy atom. The van der Waals surface area contributed by atoms with E-state index in [4.69, 9.17) is 0 Å². The lowest BCUT2D eigenvalue weighted by Crippen LogP contribution is -2.39. The number of amides is 1. The number of hydrogen-bond acceptors (Lipinski definition) is 6. The van der Waals surface area contributed by atoms with Crippen molar-refractivity contribution in [3.05, 3.63) is 22.8 Å². The van der Waals surface area contributed by atoms with Crippen molar-refractivity contribution in [2.45, 2.75) is 52.6 Å². The molecule has 25 heavy (non-hydrogen) atoms. The molecule has 2 aromatic heterocycles. The molecule has 0 aromatic carbocycles. The normalized spacial score (nSPS) is 20.4. The van der Waals surface area contributed by atoms with Crippen LogP contribution in [-0.2, 0) is 18.3 Å². The average molecular weight is 346 g/mol. The van der Waals surface area contributed by atoms with Gasteiger partial charge in [0.15, 0.2) is 0 Å². The van der Waals surface area contributed by atoms with Gasteiger partial charge in [-0.25, -0.2) is 10.9 Å². The predicted octanol–water partition coefficient (Wildman–Crippen LogP) is 0.900. The van der Waals surface area contributed by atoms with Crippen LogP contribution in [0.1, 0.15) is 49.1 Å². The number of anilines is 1. The van der Waals surface area contributed by atoms with Crippen LogP contribution in [0.4, 0.5) is 5.95 Å². The monoisotopic (exact) mass is 346 g/mol. The minimum atomic E-state index is -0.351. The van der Waals surface area contributed by atoms with Crippen molar-refractivity contribution in [1.29, 1.82) is 0 Å². The summed E-state index contributed by atoms with van der Waals surface area (Å²) in [6.45, 7) is 8.24. The first kappa shape index (κ1) is 17.6. The van der Waals surface area contributed by atoms with Crippen molar-refractivity contribution in [3.8, 4) is 0 Å². The average Bonchev–Trinajstić information content (AvgIpc) is 3.21. The van der Waals surface area contributed by atoms with Gasteiger partial charge in [0.1, 0.15) is 11.9 Å². The molecule has 136 valence electrons. The van der Waals surface area contributed by atoms with E-state index in [1.54, 1.807) is 0 Å². The van der Waals surface area contributed by atoms with Crippen molar-refractivity contribution in [1.82, 2.24) is 35.8 Å². The maximum atomic E-state index is 12.5. The SMILES string of the molecule is Cc1nn(C)c(C)c1C1CC(C(=O)Nc2n[nH]c(CC(C)C)n2)NN1. The van der Waals surface area contributed by atoms with E-state index in [0.717, 1.165) is 29.2 Å². The van der Waals surface area contributed by atoms with Crippen molar-refractivity contribution in [2.75, 3.05) is 5.32 Å². The van der Waals surface area contributed by atoms with Gasteiger partial charge in [-0.1, -0.05) is 13.8 Å². The number of aromatic amines is 1. The van der Waals surface area contributed by atoms with Gasteiger partial charge in [-0.2, -0.15) is 10.1 Å². The highest BCUT2D eigenvalue weighted by Crippen LogP contribution is 2.27. The van der Waals surface area contributed by atoms with E-state index < -0.39 is 0 Å². The van der Waals surface area contributed by atoms with Crippen molar-refractivity contribution >= 4 is 11.9 Å². The highest BCUT2D eigenvalue weighted by atomic mass is 16.2. The standard InChI is InChI=1S/C16H26N8O/c1-8(2)6-13-17-16(22-21-13)18-15(25)12-7-11(19-20-12)14-9(3)23-24(5)10(14)4/h8,11-12,19-20H,6-7H2,1-5H3,(H2,17,18,21,22,25). The molecule has 9 heteroatoms. The summed E-state index contributed by atoms with van der Waals surface area (Å²) in [5.74, 6) is 1.43. The smallest absolute Gasteiger partial charge is 0.248 e. The molecule has 0 saturated carbocycles. The third-order valence-electron chi connectivity index (χ3n) is 4.50. The summed E-state index contributed by atoms with van der Waals surface area (Å²) in [6.07, 6.45) is 1.44. The minimum absolute atomic E-state index is 0.0492. The molecule has 1 aliphatic rings. The Kier molecular flexibility index (Phi) is 4.87. The molecule has 1 amide bonds. The van der Waals surface area contributed by atoms with Crippen LogP contribution < -0.4 is 16.2 Å². The zero-order chi connectivity index (χ0) is 18.1. The Morgan fingerprint density at radius 3 is 2.76 bits per heavy atom. The van der Waals surface area contributed by atoms with Gasteiger partial charge < -0.3 is 0 Å². The molecule has 1 aliphatic heterocycles. The predicted molar refractivity (Wildman–Crippen MR) is 93.7 cm³/mol. The molecule has 0 radical (unpaired) electrons. The van der Waals surface area contributed by atoms with E-state index >= 15 is 0 Å². The Labute approximate surface area is 147 Å². The van der Waals surface area contributed by atoms with Crippen LogP contribution in [0.15, 0.2) is 0 Å². The summed E-state index contributed by atoms with van der Waals surface area (Å²) in [5, 5.41) is 14.1. The number of carbonyl (C=O) groups is 1. The number of nitrogens with zero attached hydrogens (tertiary/aromatic N) is 4. The molecule has 3 heterocycles. The molecule has 1 saturated heterocycles. The zero-order valence-electron chi connectivity index (χ0n) is 15.3. The van der Waals surface area contributed by atoms with Gasteiger partial charge in [0.25, 0.3) is 0 Å². The molecule has 0 spiro atoms. The fraction of sp³-hybridized carbons (Fsp3) is 0.625. The summed E-state index contributed by atoms with van der Waals surface area (Å²) >= 11 is 0. The van der Waals surface area contributed by atoms with E-state index in [-0.39, 0.29) is 18.0 Å². The Balaban J connectivity index is 1.62. The fourth-order valence-corrected chi connectivity index (χ4v) is 3.24. The van der Waals surface area contributed by atoms with E-state index in [1.807, 2.05) is 25.6 Å². The Hall–Kier alpha value is -2.26. The van der Waals surface area contributed by atoms with Crippen LogP contribution in [0.25, 0.3) is 0 Å². The van der Waals surface area contributed by atoms with Crippen LogP contribution in [0.3, 0.4) is 0 Å². The van der Waals surface area contributed by atoms with Gasteiger partial charge in [-0.3, -0.25) is 19.9 Å². The van der Waals surface area contributed by atoms with E-state index in [0.29, 0.717) is 18.3 Å². The molecule has 2 atom stereocenters. The highest BCUT2D eigenvalue weighted by molar-refractivity contribution is 5.93. The lowest BCUT2D eigenvalue weighted by Gasteiger charge is -2.10. The molecular formula is C16H26N8O. The van der Waals surface area contributed by atoms with Crippen molar-refractivity contribution in [2.24, 2.45) is 13.0 Å². The summed E-state index contributed by atoms with van der Waals surface area (Å²) in [5.41, 5.74) is 9.49. The van der Waals surface area contributed by atoms with E-state index in [9.17, 15) is 4.79 Å². The van der Waals surface area contributed by atoms with Crippen LogP contribution in [-0.4, -0.2) is 36.9 Å². The molecule has 3 rings (SSSR count). The second kappa shape index (κ2) is 6.93. The molecule has 4 N–H and O–H groups in total. The second-order valence-corrected chi connectivity index (χ2v) is 7.03. The molecule has 9 nitrogen and oxygen atoms in total. The number of rotatable bonds is 5. The second-order valence-electron chi connectivity index (χ2n) is 7.03. The quantitative estimate of drug-likeness (QED) is 0.640. The van der Waals surface area contributed by atoms with Gasteiger partial charge in [0.05, 0.1) is 11.7 Å². The number of aromatic nitrogens is 5. The first-order valence-corrected chi connectivity index (χ1v) is 8.58. The van der Waals surface area contributed by atoms with Gasteiger partial charge in [0, 0.05) is 24.7 Å². The molecule has 0 aliphatic carbocycles. The molecule has 0 bridgehead atoms. The maximum absolute atomic E-state index is 12.5. The van der Waals surface area contributed by atoms with Gasteiger partial charge >= 0.3 is 0 Å². The first-order chi connectivity index (χ1) is 11.8. The van der Waals surface area contributed by atoms with Crippen LogP contribution in [0, 0.1) is 19.8 Å². The lowest BCUT2D eigenvalue weighted by atomic mass is 10.00. The number of nitrogens with one attached hydrogen (secondary N) is 4. The number of carbonyl (C=O) groups excluding carboxylic acids is 1. The fourth-order valence-electron chi connectivity index (χ4n) is 3.24. The molecular weight excluding hydrogens is 320 g/mol. The van der Waals surface area contributed by atoms with Gasteiger partial charge in [-0.05, 0) is 26.2 Å². The Morgan fingerprint density at radius 1 is 1.36 bits per heavy atom. The first-order valence-electron chi connectivity index (χ1n) is 8.58. The summed E-state index contributed by atoms with van der Waals surface area (Å²) in [6, 6.07) is -0.302. The van der Waals surface area contributed by atoms with E-state index in [2.05, 4.69) is 50.3 Å². The molecule has 2 aromatic rings. The summed E-state index contributed by atoms with van der Waals surface area (Å²) in [4.78, 5) is 16.8. The van der Waals surface area contributed by atoms with Gasteiger partial charge in [0.2, 0.25) is 11.9 Å². The lowest BCUT2D eigenvalue weighted by molar-refractivity contribution is -0.117. The summed E-state index contributed by atoms with van der Waals surface area (Å²) in [7, 11) is 1.93. The van der Waals surface area contributed by atoms with E-state index in [1.165, 1.54) is 0 Å². The van der Waals surface area contributed by atoms with Crippen LogP contribution >= 0.6 is 0 Å². The number of aryl methyl sites for hydroxylation is 2. The molecule has 2 unspecified atom stereocenters. The van der Waals surface area contributed by atoms with Crippen LogP contribution in [0.2, 0.25) is 0 Å². The third kappa shape index (κ3) is 3.72. The maximum Gasteiger partial charge on any atom is 0.248 e. The molecule has 1 fully saturated rings. The highest BCUT2D eigenvalue weighted by Gasteiger charge is 2.33. The number of hydrazine groups is 1. The van der Waals surface area contributed by atoms with Crippen molar-refractivity contribution in [3.63, 3.8) is 0 Å². The third-order valence-corrected chi connectivity index (χ3v) is 4.50. The van der Waals surface area contributed by atoms with Gasteiger partial charge in [-0.15, -0.1) is 5.10 Å². The summed E-state index contributed by atoms with van der Waals surface area (Å²) < 4.78 is 1.86. The van der Waals surface area contributed by atoms with Crippen LogP contribution in [0.5, 0.6) is 0 Å². The number of hydrogen-bond donors (Lipinski definition) is 4.